The minimum Gasteiger partial charge on any atom is -0.371 e. The van der Waals surface area contributed by atoms with E-state index in [9.17, 15) is 8.78 Å². The van der Waals surface area contributed by atoms with Gasteiger partial charge in [-0.1, -0.05) is 0 Å². The van der Waals surface area contributed by atoms with Gasteiger partial charge in [-0.15, -0.1) is 0 Å². The van der Waals surface area contributed by atoms with E-state index in [1.54, 1.807) is 0 Å². The van der Waals surface area contributed by atoms with Crippen LogP contribution >= 0.6 is 0 Å². The quantitative estimate of drug-likeness (QED) is 0.722. The van der Waals surface area contributed by atoms with Gasteiger partial charge in [0.25, 0.3) is 6.43 Å². The Morgan fingerprint density at radius 3 is 2.93 bits per heavy atom. The standard InChI is InChI=1S/C9H18F2N2O/c10-9(11)7-14-8-2-1-4-13(6-8)5-3-12/h8-9H,1-7,12H2. The molecule has 0 radical (unpaired) electrons. The summed E-state index contributed by atoms with van der Waals surface area (Å²) in [5.41, 5.74) is 5.42. The van der Waals surface area contributed by atoms with Crippen LogP contribution in [0.3, 0.4) is 0 Å². The lowest BCUT2D eigenvalue weighted by molar-refractivity contribution is -0.0499. The van der Waals surface area contributed by atoms with Crippen molar-refractivity contribution in [3.05, 3.63) is 0 Å². The van der Waals surface area contributed by atoms with Gasteiger partial charge in [0.1, 0.15) is 6.61 Å². The number of ether oxygens (including phenoxy) is 1. The monoisotopic (exact) mass is 208 g/mol. The first-order valence-corrected chi connectivity index (χ1v) is 5.04. The van der Waals surface area contributed by atoms with E-state index in [0.29, 0.717) is 6.54 Å². The van der Waals surface area contributed by atoms with Crippen LogP contribution in [0.2, 0.25) is 0 Å². The van der Waals surface area contributed by atoms with Crippen LogP contribution in [0.25, 0.3) is 0 Å². The molecule has 0 saturated carbocycles. The van der Waals surface area contributed by atoms with Crippen molar-refractivity contribution in [1.82, 2.24) is 4.90 Å². The van der Waals surface area contributed by atoms with E-state index in [1.807, 2.05) is 0 Å². The second kappa shape index (κ2) is 6.27. The molecule has 2 N–H and O–H groups in total. The molecule has 0 aromatic carbocycles. The summed E-state index contributed by atoms with van der Waals surface area (Å²) in [6.45, 7) is 2.74. The van der Waals surface area contributed by atoms with Crippen LogP contribution in [-0.2, 0) is 4.74 Å². The molecule has 1 saturated heterocycles. The Balaban J connectivity index is 2.18. The number of rotatable bonds is 5. The topological polar surface area (TPSA) is 38.5 Å². The number of halogens is 2. The number of alkyl halides is 2. The van der Waals surface area contributed by atoms with Crippen molar-refractivity contribution in [2.24, 2.45) is 5.73 Å². The summed E-state index contributed by atoms with van der Waals surface area (Å²) in [5.74, 6) is 0. The molecular weight excluding hydrogens is 190 g/mol. The first-order chi connectivity index (χ1) is 6.72. The molecule has 84 valence electrons. The van der Waals surface area contributed by atoms with Gasteiger partial charge in [-0.3, -0.25) is 4.90 Å². The van der Waals surface area contributed by atoms with Gasteiger partial charge in [0.05, 0.1) is 6.10 Å². The Morgan fingerprint density at radius 1 is 1.50 bits per heavy atom. The van der Waals surface area contributed by atoms with Crippen molar-refractivity contribution in [3.63, 3.8) is 0 Å². The van der Waals surface area contributed by atoms with Crippen molar-refractivity contribution in [1.29, 1.82) is 0 Å². The molecule has 1 unspecified atom stereocenters. The average molecular weight is 208 g/mol. The first kappa shape index (κ1) is 11.8. The van der Waals surface area contributed by atoms with Crippen LogP contribution in [0.15, 0.2) is 0 Å². The van der Waals surface area contributed by atoms with Crippen LogP contribution in [0, 0.1) is 0 Å². The van der Waals surface area contributed by atoms with Crippen LogP contribution in [0.5, 0.6) is 0 Å². The minimum atomic E-state index is -2.36. The number of nitrogens with zero attached hydrogens (tertiary/aromatic N) is 1. The van der Waals surface area contributed by atoms with Gasteiger partial charge in [-0.25, -0.2) is 8.78 Å². The highest BCUT2D eigenvalue weighted by Crippen LogP contribution is 2.13. The third kappa shape index (κ3) is 4.30. The molecule has 1 aliphatic heterocycles. The molecule has 1 fully saturated rings. The SMILES string of the molecule is NCCN1CCCC(OCC(F)F)C1. The zero-order valence-corrected chi connectivity index (χ0v) is 8.29. The zero-order chi connectivity index (χ0) is 10.4. The Kier molecular flexibility index (Phi) is 5.29. The summed E-state index contributed by atoms with van der Waals surface area (Å²) < 4.78 is 28.8. The van der Waals surface area contributed by atoms with Gasteiger partial charge in [0.2, 0.25) is 0 Å². The smallest absolute Gasteiger partial charge is 0.261 e. The fourth-order valence-corrected chi connectivity index (χ4v) is 1.74. The molecule has 0 aromatic heterocycles. The van der Waals surface area contributed by atoms with E-state index in [0.717, 1.165) is 32.5 Å². The number of likely N-dealkylation sites (tertiary alicyclic amines) is 1. The fourth-order valence-electron chi connectivity index (χ4n) is 1.74. The highest BCUT2D eigenvalue weighted by Gasteiger charge is 2.20. The van der Waals surface area contributed by atoms with Crippen LogP contribution in [-0.4, -0.2) is 50.2 Å². The van der Waals surface area contributed by atoms with Crippen molar-refractivity contribution in [2.45, 2.75) is 25.4 Å². The molecule has 5 heteroatoms. The van der Waals surface area contributed by atoms with E-state index in [2.05, 4.69) is 4.90 Å². The largest absolute Gasteiger partial charge is 0.371 e. The number of hydrogen-bond donors (Lipinski definition) is 1. The molecule has 0 bridgehead atoms. The molecule has 1 aliphatic rings. The molecular formula is C9H18F2N2O. The Labute approximate surface area is 83.2 Å². The summed E-state index contributed by atoms with van der Waals surface area (Å²) in [4.78, 5) is 2.17. The van der Waals surface area contributed by atoms with Gasteiger partial charge in [-0.05, 0) is 19.4 Å². The molecule has 1 heterocycles. The van der Waals surface area contributed by atoms with E-state index < -0.39 is 13.0 Å². The number of piperidine rings is 1. The minimum absolute atomic E-state index is 0.0377. The number of hydrogen-bond acceptors (Lipinski definition) is 3. The predicted octanol–water partition coefficient (Wildman–Crippen LogP) is 0.691. The normalized spacial score (nSPS) is 24.4. The van der Waals surface area contributed by atoms with Gasteiger partial charge in [0, 0.05) is 19.6 Å². The molecule has 1 atom stereocenters. The third-order valence-electron chi connectivity index (χ3n) is 2.37. The van der Waals surface area contributed by atoms with Gasteiger partial charge < -0.3 is 10.5 Å². The summed E-state index contributed by atoms with van der Waals surface area (Å²) in [6, 6.07) is 0. The Bertz CT molecular complexity index is 156. The lowest BCUT2D eigenvalue weighted by Crippen LogP contribution is -2.42. The highest BCUT2D eigenvalue weighted by atomic mass is 19.3. The maximum atomic E-state index is 11.9. The van der Waals surface area contributed by atoms with Crippen molar-refractivity contribution >= 4 is 0 Å². The molecule has 0 amide bonds. The van der Waals surface area contributed by atoms with Crippen molar-refractivity contribution < 1.29 is 13.5 Å². The molecule has 1 rings (SSSR count). The number of nitrogens with two attached hydrogens (primary N) is 1. The molecule has 3 nitrogen and oxygen atoms in total. The van der Waals surface area contributed by atoms with E-state index in [1.165, 1.54) is 0 Å². The van der Waals surface area contributed by atoms with Crippen molar-refractivity contribution in [2.75, 3.05) is 32.8 Å². The third-order valence-corrected chi connectivity index (χ3v) is 2.37. The van der Waals surface area contributed by atoms with Crippen LogP contribution in [0.4, 0.5) is 8.78 Å². The molecule has 0 aliphatic carbocycles. The average Bonchev–Trinajstić information content (AvgIpc) is 2.16. The van der Waals surface area contributed by atoms with Crippen LogP contribution < -0.4 is 5.73 Å². The van der Waals surface area contributed by atoms with Gasteiger partial charge in [-0.2, -0.15) is 0 Å². The Hall–Kier alpha value is -0.260. The summed E-state index contributed by atoms with van der Waals surface area (Å²) in [7, 11) is 0. The summed E-state index contributed by atoms with van der Waals surface area (Å²) in [6.07, 6.45) is -0.508. The fraction of sp³-hybridized carbons (Fsp3) is 1.00. The maximum Gasteiger partial charge on any atom is 0.261 e. The predicted molar refractivity (Wildman–Crippen MR) is 50.5 cm³/mol. The first-order valence-electron chi connectivity index (χ1n) is 5.04. The zero-order valence-electron chi connectivity index (χ0n) is 8.29. The van der Waals surface area contributed by atoms with Gasteiger partial charge >= 0.3 is 0 Å². The second-order valence-electron chi connectivity index (χ2n) is 3.58. The van der Waals surface area contributed by atoms with E-state index in [-0.39, 0.29) is 6.10 Å². The molecule has 0 spiro atoms. The Morgan fingerprint density at radius 2 is 2.29 bits per heavy atom. The maximum absolute atomic E-state index is 11.9. The summed E-state index contributed by atoms with van der Waals surface area (Å²) in [5, 5.41) is 0. The second-order valence-corrected chi connectivity index (χ2v) is 3.58. The van der Waals surface area contributed by atoms with E-state index >= 15 is 0 Å². The lowest BCUT2D eigenvalue weighted by Gasteiger charge is -2.32. The van der Waals surface area contributed by atoms with E-state index in [4.69, 9.17) is 10.5 Å². The summed E-state index contributed by atoms with van der Waals surface area (Å²) >= 11 is 0. The highest BCUT2D eigenvalue weighted by molar-refractivity contribution is 4.73. The molecule has 0 aromatic rings. The van der Waals surface area contributed by atoms with Crippen molar-refractivity contribution in [3.8, 4) is 0 Å². The van der Waals surface area contributed by atoms with Crippen LogP contribution in [0.1, 0.15) is 12.8 Å². The lowest BCUT2D eigenvalue weighted by atomic mass is 10.1. The molecule has 14 heavy (non-hydrogen) atoms. The van der Waals surface area contributed by atoms with Gasteiger partial charge in [0.15, 0.2) is 0 Å².